The van der Waals surface area contributed by atoms with Crippen LogP contribution >= 0.6 is 15.9 Å². The monoisotopic (exact) mass is 209 g/mol. The fourth-order valence-electron chi connectivity index (χ4n) is 0.482. The van der Waals surface area contributed by atoms with Gasteiger partial charge in [0.1, 0.15) is 0 Å². The van der Waals surface area contributed by atoms with Gasteiger partial charge in [-0.3, -0.25) is 4.79 Å². The van der Waals surface area contributed by atoms with Crippen molar-refractivity contribution in [3.05, 3.63) is 32.7 Å². The molecule has 0 atom stereocenters. The van der Waals surface area contributed by atoms with Crippen molar-refractivity contribution < 1.29 is 8.78 Å². The molecule has 5 heteroatoms. The van der Waals surface area contributed by atoms with Gasteiger partial charge in [-0.05, 0) is 15.9 Å². The maximum atomic E-state index is 12.2. The summed E-state index contributed by atoms with van der Waals surface area (Å²) in [6.45, 7) is 0. The number of nitrogens with one attached hydrogen (secondary N) is 1. The van der Waals surface area contributed by atoms with Gasteiger partial charge in [0.05, 0.1) is 4.60 Å². The quantitative estimate of drug-likeness (QED) is 0.645. The summed E-state index contributed by atoms with van der Waals surface area (Å²) < 4.78 is 24.5. The largest absolute Gasteiger partial charge is 0.323 e. The molecule has 54 valence electrons. The van der Waals surface area contributed by atoms with E-state index in [-0.39, 0.29) is 4.60 Å². The smallest absolute Gasteiger partial charge is 0.232 e. The minimum Gasteiger partial charge on any atom is -0.323 e. The van der Waals surface area contributed by atoms with Crippen LogP contribution in [0, 0.1) is 11.8 Å². The third kappa shape index (κ3) is 1.23. The third-order valence-electron chi connectivity index (χ3n) is 0.896. The number of H-pyrrole nitrogens is 1. The molecule has 1 N–H and O–H groups in total. The van der Waals surface area contributed by atoms with Crippen LogP contribution in [-0.4, -0.2) is 4.98 Å². The second-order valence-electron chi connectivity index (χ2n) is 1.61. The normalized spacial score (nSPS) is 9.90. The van der Waals surface area contributed by atoms with Gasteiger partial charge < -0.3 is 4.98 Å². The highest BCUT2D eigenvalue weighted by atomic mass is 79.9. The van der Waals surface area contributed by atoms with Crippen molar-refractivity contribution in [3.63, 3.8) is 0 Å². The molecule has 1 aromatic rings. The first-order valence-corrected chi connectivity index (χ1v) is 3.14. The van der Waals surface area contributed by atoms with Crippen molar-refractivity contribution in [3.8, 4) is 0 Å². The average molecular weight is 210 g/mol. The van der Waals surface area contributed by atoms with Crippen molar-refractivity contribution in [1.82, 2.24) is 4.98 Å². The fourth-order valence-corrected chi connectivity index (χ4v) is 0.864. The predicted octanol–water partition coefficient (Wildman–Crippen LogP) is 1.42. The van der Waals surface area contributed by atoms with E-state index in [1.165, 1.54) is 0 Å². The van der Waals surface area contributed by atoms with E-state index in [9.17, 15) is 13.6 Å². The number of aromatic nitrogens is 1. The summed E-state index contributed by atoms with van der Waals surface area (Å²) in [5.74, 6) is -2.64. The van der Waals surface area contributed by atoms with Gasteiger partial charge in [-0.1, -0.05) is 0 Å². The third-order valence-corrected chi connectivity index (χ3v) is 1.32. The van der Waals surface area contributed by atoms with Crippen molar-refractivity contribution in [1.29, 1.82) is 0 Å². The molecule has 0 radical (unpaired) electrons. The van der Waals surface area contributed by atoms with E-state index < -0.39 is 17.2 Å². The van der Waals surface area contributed by atoms with Crippen molar-refractivity contribution >= 4 is 15.9 Å². The Labute approximate surface area is 63.0 Å². The molecule has 0 aliphatic carbocycles. The van der Waals surface area contributed by atoms with Crippen LogP contribution in [0.25, 0.3) is 0 Å². The molecule has 0 bridgehead atoms. The molecule has 0 spiro atoms. The van der Waals surface area contributed by atoms with Gasteiger partial charge in [-0.25, -0.2) is 0 Å². The highest BCUT2D eigenvalue weighted by Gasteiger charge is 2.05. The molecule has 0 aromatic carbocycles. The summed E-state index contributed by atoms with van der Waals surface area (Å²) in [5.41, 5.74) is -0.969. The van der Waals surface area contributed by atoms with Crippen LogP contribution in [0.4, 0.5) is 8.78 Å². The minimum atomic E-state index is -1.39. The lowest BCUT2D eigenvalue weighted by Crippen LogP contribution is -2.09. The molecule has 1 heterocycles. The van der Waals surface area contributed by atoms with E-state index in [4.69, 9.17) is 0 Å². The van der Waals surface area contributed by atoms with Gasteiger partial charge in [0.2, 0.25) is 17.2 Å². The predicted molar refractivity (Wildman–Crippen MR) is 34.7 cm³/mol. The Morgan fingerprint density at radius 1 is 1.50 bits per heavy atom. The lowest BCUT2D eigenvalue weighted by Gasteiger charge is -1.91. The van der Waals surface area contributed by atoms with Gasteiger partial charge in [0.15, 0.2) is 0 Å². The average Bonchev–Trinajstić information content (AvgIpc) is 1.82. The van der Waals surface area contributed by atoms with Gasteiger partial charge in [-0.2, -0.15) is 8.78 Å². The van der Waals surface area contributed by atoms with E-state index in [1.54, 1.807) is 0 Å². The van der Waals surface area contributed by atoms with Crippen LogP contribution in [0.15, 0.2) is 15.5 Å². The van der Waals surface area contributed by atoms with Crippen LogP contribution < -0.4 is 5.43 Å². The zero-order chi connectivity index (χ0) is 7.72. The number of hydrogen-bond donors (Lipinski definition) is 1. The summed E-state index contributed by atoms with van der Waals surface area (Å²) in [6, 6.07) is 0.915. The molecule has 0 saturated heterocycles. The fraction of sp³-hybridized carbons (Fsp3) is 0. The Kier molecular flexibility index (Phi) is 1.85. The molecule has 0 aliphatic heterocycles. The first kappa shape index (κ1) is 7.40. The van der Waals surface area contributed by atoms with Crippen LogP contribution in [0.5, 0.6) is 0 Å². The number of rotatable bonds is 0. The SMILES string of the molecule is O=c1cc(Br)[nH]c(F)c1F. The molecule has 1 rings (SSSR count). The number of hydrogen-bond acceptors (Lipinski definition) is 1. The Morgan fingerprint density at radius 3 is 2.60 bits per heavy atom. The zero-order valence-corrected chi connectivity index (χ0v) is 6.21. The van der Waals surface area contributed by atoms with Crippen LogP contribution in [0.3, 0.4) is 0 Å². The first-order valence-electron chi connectivity index (χ1n) is 2.35. The maximum Gasteiger partial charge on any atom is 0.232 e. The molecular formula is C5H2BrF2NO. The van der Waals surface area contributed by atoms with Crippen molar-refractivity contribution in [2.24, 2.45) is 0 Å². The Balaban J connectivity index is 3.46. The summed E-state index contributed by atoms with van der Waals surface area (Å²) in [5, 5.41) is 0. The van der Waals surface area contributed by atoms with Crippen LogP contribution in [0.2, 0.25) is 0 Å². The summed E-state index contributed by atoms with van der Waals surface area (Å²) in [7, 11) is 0. The van der Waals surface area contributed by atoms with E-state index in [2.05, 4.69) is 15.9 Å². The lowest BCUT2D eigenvalue weighted by atomic mass is 10.4. The molecule has 0 aliphatic rings. The van der Waals surface area contributed by atoms with Gasteiger partial charge in [0.25, 0.3) is 0 Å². The molecule has 0 saturated carbocycles. The van der Waals surface area contributed by atoms with Crippen LogP contribution in [-0.2, 0) is 0 Å². The lowest BCUT2D eigenvalue weighted by molar-refractivity contribution is 0.471. The topological polar surface area (TPSA) is 32.9 Å². The number of halogens is 3. The van der Waals surface area contributed by atoms with E-state index in [1.807, 2.05) is 4.98 Å². The molecule has 0 amide bonds. The Morgan fingerprint density at radius 2 is 2.10 bits per heavy atom. The molecule has 10 heavy (non-hydrogen) atoms. The van der Waals surface area contributed by atoms with Crippen molar-refractivity contribution in [2.75, 3.05) is 0 Å². The van der Waals surface area contributed by atoms with Gasteiger partial charge >= 0.3 is 0 Å². The zero-order valence-electron chi connectivity index (χ0n) is 4.62. The summed E-state index contributed by atoms with van der Waals surface area (Å²) >= 11 is 2.78. The second-order valence-corrected chi connectivity index (χ2v) is 2.46. The van der Waals surface area contributed by atoms with E-state index in [0.717, 1.165) is 6.07 Å². The first-order chi connectivity index (χ1) is 4.61. The number of pyridine rings is 1. The second kappa shape index (κ2) is 2.49. The summed E-state index contributed by atoms with van der Waals surface area (Å²) in [6.07, 6.45) is 0. The molecule has 1 aromatic heterocycles. The minimum absolute atomic E-state index is 0.122. The standard InChI is InChI=1S/C5H2BrF2NO/c6-3-1-2(10)4(7)5(8)9-3/h1H,(H,9,10). The molecule has 0 unspecified atom stereocenters. The molecule has 2 nitrogen and oxygen atoms in total. The highest BCUT2D eigenvalue weighted by Crippen LogP contribution is 2.04. The van der Waals surface area contributed by atoms with Crippen molar-refractivity contribution in [2.45, 2.75) is 0 Å². The maximum absolute atomic E-state index is 12.2. The molecule has 0 fully saturated rings. The highest BCUT2D eigenvalue weighted by molar-refractivity contribution is 9.10. The van der Waals surface area contributed by atoms with Crippen LogP contribution in [0.1, 0.15) is 0 Å². The van der Waals surface area contributed by atoms with Gasteiger partial charge in [-0.15, -0.1) is 0 Å². The molecular weight excluding hydrogens is 208 g/mol. The van der Waals surface area contributed by atoms with E-state index >= 15 is 0 Å². The Hall–Kier alpha value is -0.710. The Bertz CT molecular complexity index is 309. The summed E-state index contributed by atoms with van der Waals surface area (Å²) in [4.78, 5) is 12.3. The van der Waals surface area contributed by atoms with E-state index in [0.29, 0.717) is 0 Å². The number of aromatic amines is 1. The van der Waals surface area contributed by atoms with Gasteiger partial charge in [0, 0.05) is 6.07 Å².